The number of aliphatic hydroxyl groups excluding tert-OH is 1. The van der Waals surface area contributed by atoms with Crippen LogP contribution < -0.4 is 5.32 Å². The maximum atomic E-state index is 13.6. The first-order valence-electron chi connectivity index (χ1n) is 12.4. The van der Waals surface area contributed by atoms with Gasteiger partial charge in [0.2, 0.25) is 0 Å². The van der Waals surface area contributed by atoms with Gasteiger partial charge in [0.25, 0.3) is 0 Å². The van der Waals surface area contributed by atoms with Crippen molar-refractivity contribution >= 4 is 11.7 Å². The predicted molar refractivity (Wildman–Crippen MR) is 137 cm³/mol. The standard InChI is InChI=1S/C29H32FN3O2/c1-20-7-9-21(10-8-20)22-11-13-23(14-12-22)28-26-18-32(15-2-3-16-33(26)27(28)19-34)29(35)31-25-6-4-5-24(30)17-25/h4-14,17,26-28,34H,2-3,15-16,18-19H2,1H3,(H,31,35)/t26-,27-,28-/m1/s1. The third-order valence-electron chi connectivity index (χ3n) is 7.41. The summed E-state index contributed by atoms with van der Waals surface area (Å²) in [5, 5.41) is 13.1. The molecule has 0 bridgehead atoms. The number of anilines is 1. The Morgan fingerprint density at radius 3 is 2.37 bits per heavy atom. The molecule has 6 heteroatoms. The van der Waals surface area contributed by atoms with Crippen molar-refractivity contribution < 1.29 is 14.3 Å². The van der Waals surface area contributed by atoms with E-state index < -0.39 is 0 Å². The molecule has 0 spiro atoms. The molecule has 2 N–H and O–H groups in total. The number of halogens is 1. The summed E-state index contributed by atoms with van der Waals surface area (Å²) in [7, 11) is 0. The number of aliphatic hydroxyl groups is 1. The van der Waals surface area contributed by atoms with Crippen molar-refractivity contribution in [2.24, 2.45) is 0 Å². The molecular weight excluding hydrogens is 441 g/mol. The van der Waals surface area contributed by atoms with Gasteiger partial charge in [0.1, 0.15) is 5.82 Å². The molecule has 2 aliphatic rings. The van der Waals surface area contributed by atoms with Crippen molar-refractivity contribution in [3.63, 3.8) is 0 Å². The molecule has 3 aromatic carbocycles. The number of benzene rings is 3. The molecule has 3 aromatic rings. The first-order valence-corrected chi connectivity index (χ1v) is 12.4. The lowest BCUT2D eigenvalue weighted by Gasteiger charge is -2.57. The van der Waals surface area contributed by atoms with Gasteiger partial charge in [-0.3, -0.25) is 4.90 Å². The van der Waals surface area contributed by atoms with E-state index in [4.69, 9.17) is 0 Å². The Bertz CT molecular complexity index is 1170. The van der Waals surface area contributed by atoms with E-state index in [0.29, 0.717) is 18.8 Å². The molecule has 2 heterocycles. The summed E-state index contributed by atoms with van der Waals surface area (Å²) in [6, 6.07) is 23.1. The fraction of sp³-hybridized carbons (Fsp3) is 0.345. The second kappa shape index (κ2) is 10.2. The molecule has 0 radical (unpaired) electrons. The van der Waals surface area contributed by atoms with E-state index >= 15 is 0 Å². The van der Waals surface area contributed by atoms with Gasteiger partial charge in [0.05, 0.1) is 6.61 Å². The Morgan fingerprint density at radius 2 is 1.69 bits per heavy atom. The van der Waals surface area contributed by atoms with E-state index in [1.165, 1.54) is 34.4 Å². The number of urea groups is 1. The quantitative estimate of drug-likeness (QED) is 0.544. The topological polar surface area (TPSA) is 55.8 Å². The summed E-state index contributed by atoms with van der Waals surface area (Å²) < 4.78 is 13.6. The van der Waals surface area contributed by atoms with Crippen LogP contribution >= 0.6 is 0 Å². The number of amides is 2. The van der Waals surface area contributed by atoms with Crippen LogP contribution in [0.25, 0.3) is 11.1 Å². The van der Waals surface area contributed by atoms with Gasteiger partial charge in [-0.25, -0.2) is 9.18 Å². The molecule has 5 nitrogen and oxygen atoms in total. The summed E-state index contributed by atoms with van der Waals surface area (Å²) in [6.45, 7) is 4.33. The van der Waals surface area contributed by atoms with Crippen LogP contribution in [0, 0.1) is 12.7 Å². The Labute approximate surface area is 206 Å². The van der Waals surface area contributed by atoms with Gasteiger partial charge >= 0.3 is 6.03 Å². The second-order valence-electron chi connectivity index (χ2n) is 9.66. The van der Waals surface area contributed by atoms with Crippen LogP contribution in [0.3, 0.4) is 0 Å². The maximum Gasteiger partial charge on any atom is 0.321 e. The van der Waals surface area contributed by atoms with Gasteiger partial charge in [-0.1, -0.05) is 60.2 Å². The summed E-state index contributed by atoms with van der Waals surface area (Å²) in [6.07, 6.45) is 1.86. The van der Waals surface area contributed by atoms with Crippen molar-refractivity contribution in [2.45, 2.75) is 37.8 Å². The lowest BCUT2D eigenvalue weighted by Crippen LogP contribution is -2.68. The zero-order valence-electron chi connectivity index (χ0n) is 20.0. The van der Waals surface area contributed by atoms with Gasteiger partial charge in [-0.05, 0) is 61.2 Å². The molecule has 182 valence electrons. The average molecular weight is 474 g/mol. The molecule has 0 aliphatic carbocycles. The smallest absolute Gasteiger partial charge is 0.321 e. The molecule has 35 heavy (non-hydrogen) atoms. The highest BCUT2D eigenvalue weighted by molar-refractivity contribution is 5.89. The SMILES string of the molecule is Cc1ccc(-c2ccc([C@H]3[C@@H](CO)N4CCCCN(C(=O)Nc5cccc(F)c5)C[C@H]34)cc2)cc1. The molecule has 0 aromatic heterocycles. The molecule has 3 atom stereocenters. The Balaban J connectivity index is 1.34. The van der Waals surface area contributed by atoms with Crippen LogP contribution in [0.15, 0.2) is 72.8 Å². The van der Waals surface area contributed by atoms with Crippen molar-refractivity contribution in [1.82, 2.24) is 9.80 Å². The van der Waals surface area contributed by atoms with Gasteiger partial charge in [0.15, 0.2) is 0 Å². The summed E-state index contributed by atoms with van der Waals surface area (Å²) in [5.74, 6) is -0.227. The van der Waals surface area contributed by atoms with Crippen molar-refractivity contribution in [3.05, 3.63) is 89.7 Å². The van der Waals surface area contributed by atoms with Crippen LogP contribution in [-0.2, 0) is 0 Å². The minimum Gasteiger partial charge on any atom is -0.395 e. The molecule has 0 unspecified atom stereocenters. The first kappa shape index (κ1) is 23.5. The number of nitrogens with zero attached hydrogens (tertiary/aromatic N) is 2. The molecule has 2 saturated heterocycles. The number of rotatable bonds is 4. The summed E-state index contributed by atoms with van der Waals surface area (Å²) in [5.41, 5.74) is 5.23. The van der Waals surface area contributed by atoms with Crippen molar-refractivity contribution in [1.29, 1.82) is 0 Å². The van der Waals surface area contributed by atoms with Gasteiger partial charge in [-0.15, -0.1) is 0 Å². The number of nitrogens with one attached hydrogen (secondary N) is 1. The molecular formula is C29H32FN3O2. The van der Waals surface area contributed by atoms with Crippen molar-refractivity contribution in [2.75, 3.05) is 31.6 Å². The third kappa shape index (κ3) is 4.95. The Morgan fingerprint density at radius 1 is 1.00 bits per heavy atom. The highest BCUT2D eigenvalue weighted by Gasteiger charge is 2.49. The predicted octanol–water partition coefficient (Wildman–Crippen LogP) is 5.26. The fourth-order valence-corrected chi connectivity index (χ4v) is 5.54. The van der Waals surface area contributed by atoms with E-state index in [0.717, 1.165) is 19.4 Å². The van der Waals surface area contributed by atoms with E-state index in [9.17, 15) is 14.3 Å². The number of hydrogen-bond donors (Lipinski definition) is 2. The normalized spacial score (nSPS) is 22.5. The Hall–Kier alpha value is -3.22. The molecule has 2 amide bonds. The molecule has 2 fully saturated rings. The van der Waals surface area contributed by atoms with Crippen molar-refractivity contribution in [3.8, 4) is 11.1 Å². The van der Waals surface area contributed by atoms with Crippen LogP contribution in [0.4, 0.5) is 14.9 Å². The number of aryl methyl sites for hydroxylation is 1. The first-order chi connectivity index (χ1) is 17.0. The monoisotopic (exact) mass is 473 g/mol. The maximum absolute atomic E-state index is 13.6. The van der Waals surface area contributed by atoms with E-state index in [-0.39, 0.29) is 36.5 Å². The lowest BCUT2D eigenvalue weighted by atomic mass is 9.74. The lowest BCUT2D eigenvalue weighted by molar-refractivity contribution is -0.0585. The average Bonchev–Trinajstić information content (AvgIpc) is 2.84. The Kier molecular flexibility index (Phi) is 6.84. The molecule has 0 saturated carbocycles. The number of carbonyl (C=O) groups is 1. The van der Waals surface area contributed by atoms with Crippen LogP contribution in [0.5, 0.6) is 0 Å². The summed E-state index contributed by atoms with van der Waals surface area (Å²) in [4.78, 5) is 17.2. The second-order valence-corrected chi connectivity index (χ2v) is 9.66. The minimum atomic E-state index is -0.374. The highest BCUT2D eigenvalue weighted by atomic mass is 19.1. The van der Waals surface area contributed by atoms with E-state index in [2.05, 4.69) is 65.7 Å². The van der Waals surface area contributed by atoms with E-state index in [1.54, 1.807) is 12.1 Å². The summed E-state index contributed by atoms with van der Waals surface area (Å²) >= 11 is 0. The van der Waals surface area contributed by atoms with Gasteiger partial charge in [-0.2, -0.15) is 0 Å². The third-order valence-corrected chi connectivity index (χ3v) is 7.41. The minimum absolute atomic E-state index is 0.0523. The zero-order chi connectivity index (χ0) is 24.4. The van der Waals surface area contributed by atoms with Gasteiger partial charge in [0, 0.05) is 36.8 Å². The highest BCUT2D eigenvalue weighted by Crippen LogP contribution is 2.42. The number of hydrogen-bond acceptors (Lipinski definition) is 3. The van der Waals surface area contributed by atoms with Crippen LogP contribution in [-0.4, -0.2) is 59.3 Å². The number of fused-ring (bicyclic) bond motifs is 1. The van der Waals surface area contributed by atoms with Crippen LogP contribution in [0.1, 0.15) is 29.9 Å². The zero-order valence-corrected chi connectivity index (χ0v) is 20.0. The largest absolute Gasteiger partial charge is 0.395 e. The van der Waals surface area contributed by atoms with Gasteiger partial charge < -0.3 is 15.3 Å². The number of carbonyl (C=O) groups excluding carboxylic acids is 1. The molecule has 2 aliphatic heterocycles. The van der Waals surface area contributed by atoms with Crippen LogP contribution in [0.2, 0.25) is 0 Å². The molecule has 5 rings (SSSR count). The van der Waals surface area contributed by atoms with E-state index in [1.807, 2.05) is 4.90 Å². The fourth-order valence-electron chi connectivity index (χ4n) is 5.54.